The zero-order valence-electron chi connectivity index (χ0n) is 13.3. The van der Waals surface area contributed by atoms with Crippen LogP contribution < -0.4 is 10.6 Å². The number of aldehydes is 1. The Morgan fingerprint density at radius 3 is 2.38 bits per heavy atom. The molecule has 0 spiro atoms. The van der Waals surface area contributed by atoms with Crippen molar-refractivity contribution in [3.05, 3.63) is 35.4 Å². The van der Waals surface area contributed by atoms with Crippen LogP contribution in [0.25, 0.3) is 0 Å². The quantitative estimate of drug-likeness (QED) is 0.341. The molecule has 8 heteroatoms. The van der Waals surface area contributed by atoms with Crippen LogP contribution in [0.1, 0.15) is 20.7 Å². The van der Waals surface area contributed by atoms with Crippen LogP contribution in [0.4, 0.5) is 0 Å². The summed E-state index contributed by atoms with van der Waals surface area (Å²) in [6.07, 6.45) is 0.647. The fourth-order valence-electron chi connectivity index (χ4n) is 1.80. The average Bonchev–Trinajstić information content (AvgIpc) is 2.59. The highest BCUT2D eigenvalue weighted by Gasteiger charge is 2.09. The largest absolute Gasteiger partial charge is 0.480 e. The average molecular weight is 338 g/mol. The number of amides is 1. The van der Waals surface area contributed by atoms with E-state index in [2.05, 4.69) is 10.6 Å². The Labute approximate surface area is 140 Å². The molecule has 0 saturated carbocycles. The summed E-state index contributed by atoms with van der Waals surface area (Å²) in [7, 11) is 0. The fourth-order valence-corrected chi connectivity index (χ4v) is 1.80. The highest BCUT2D eigenvalue weighted by Crippen LogP contribution is 2.05. The van der Waals surface area contributed by atoms with Crippen molar-refractivity contribution in [2.45, 2.75) is 0 Å². The van der Waals surface area contributed by atoms with E-state index >= 15 is 0 Å². The smallest absolute Gasteiger partial charge is 0.317 e. The molecule has 8 nitrogen and oxygen atoms in total. The van der Waals surface area contributed by atoms with Crippen LogP contribution in [0.2, 0.25) is 0 Å². The molecule has 1 amide bonds. The topological polar surface area (TPSA) is 114 Å². The molecule has 0 heterocycles. The highest BCUT2D eigenvalue weighted by molar-refractivity contribution is 6.01. The molecular weight excluding hydrogens is 316 g/mol. The Morgan fingerprint density at radius 2 is 1.71 bits per heavy atom. The van der Waals surface area contributed by atoms with E-state index in [4.69, 9.17) is 14.6 Å². The molecule has 0 radical (unpaired) electrons. The maximum atomic E-state index is 11.9. The molecule has 132 valence electrons. The lowest BCUT2D eigenvalue weighted by Crippen LogP contribution is -2.28. The molecule has 0 bridgehead atoms. The lowest BCUT2D eigenvalue weighted by molar-refractivity contribution is -0.136. The van der Waals surface area contributed by atoms with Gasteiger partial charge in [-0.1, -0.05) is 18.2 Å². The van der Waals surface area contributed by atoms with E-state index in [1.54, 1.807) is 24.3 Å². The van der Waals surface area contributed by atoms with Gasteiger partial charge in [-0.3, -0.25) is 14.4 Å². The van der Waals surface area contributed by atoms with Crippen molar-refractivity contribution in [3.8, 4) is 0 Å². The SMILES string of the molecule is O=Cc1ccccc1C(=O)NCCOCCOCCNCC(=O)O. The number of aliphatic carboxylic acids is 1. The molecule has 0 unspecified atom stereocenters. The van der Waals surface area contributed by atoms with Crippen LogP contribution >= 0.6 is 0 Å². The first-order valence-electron chi connectivity index (χ1n) is 7.55. The minimum Gasteiger partial charge on any atom is -0.480 e. The second-order valence-corrected chi connectivity index (χ2v) is 4.76. The van der Waals surface area contributed by atoms with E-state index in [0.29, 0.717) is 56.9 Å². The summed E-state index contributed by atoms with van der Waals surface area (Å²) in [5, 5.41) is 13.8. The van der Waals surface area contributed by atoms with E-state index in [9.17, 15) is 14.4 Å². The van der Waals surface area contributed by atoms with Crippen LogP contribution in [0.3, 0.4) is 0 Å². The molecule has 0 atom stereocenters. The normalized spacial score (nSPS) is 10.3. The molecule has 0 aliphatic rings. The van der Waals surface area contributed by atoms with Crippen molar-refractivity contribution in [2.75, 3.05) is 46.1 Å². The number of carboxylic acids is 1. The van der Waals surface area contributed by atoms with Gasteiger partial charge in [0.2, 0.25) is 0 Å². The van der Waals surface area contributed by atoms with Gasteiger partial charge in [0.05, 0.1) is 33.0 Å². The van der Waals surface area contributed by atoms with Gasteiger partial charge < -0.3 is 25.2 Å². The molecule has 24 heavy (non-hydrogen) atoms. The first kappa shape index (κ1) is 19.8. The summed E-state index contributed by atoms with van der Waals surface area (Å²) in [6.45, 7) is 2.18. The van der Waals surface area contributed by atoms with Crippen LogP contribution in [0.15, 0.2) is 24.3 Å². The van der Waals surface area contributed by atoms with Gasteiger partial charge >= 0.3 is 5.97 Å². The molecule has 1 rings (SSSR count). The summed E-state index contributed by atoms with van der Waals surface area (Å²) in [4.78, 5) is 33.0. The van der Waals surface area contributed by atoms with E-state index in [1.807, 2.05) is 0 Å². The van der Waals surface area contributed by atoms with Crippen molar-refractivity contribution in [1.29, 1.82) is 0 Å². The zero-order valence-corrected chi connectivity index (χ0v) is 13.3. The van der Waals surface area contributed by atoms with Crippen LogP contribution in [-0.2, 0) is 14.3 Å². The maximum Gasteiger partial charge on any atom is 0.317 e. The van der Waals surface area contributed by atoms with Crippen LogP contribution in [0.5, 0.6) is 0 Å². The number of benzene rings is 1. The first-order valence-corrected chi connectivity index (χ1v) is 7.55. The molecule has 0 fully saturated rings. The summed E-state index contributed by atoms with van der Waals surface area (Å²) in [6, 6.07) is 6.56. The Balaban J connectivity index is 2.01. The number of hydrogen-bond donors (Lipinski definition) is 3. The second kappa shape index (κ2) is 12.2. The van der Waals surface area contributed by atoms with E-state index in [0.717, 1.165) is 0 Å². The Bertz CT molecular complexity index is 535. The van der Waals surface area contributed by atoms with Crippen molar-refractivity contribution in [1.82, 2.24) is 10.6 Å². The summed E-state index contributed by atoms with van der Waals surface area (Å²) >= 11 is 0. The lowest BCUT2D eigenvalue weighted by atomic mass is 10.1. The summed E-state index contributed by atoms with van der Waals surface area (Å²) < 4.78 is 10.5. The van der Waals surface area contributed by atoms with Crippen LogP contribution in [-0.4, -0.2) is 69.3 Å². The van der Waals surface area contributed by atoms with Crippen molar-refractivity contribution in [2.24, 2.45) is 0 Å². The van der Waals surface area contributed by atoms with Gasteiger partial charge in [0.25, 0.3) is 5.91 Å². The molecule has 3 N–H and O–H groups in total. The van der Waals surface area contributed by atoms with E-state index in [1.165, 1.54) is 0 Å². The predicted octanol–water partition coefficient (Wildman–Crippen LogP) is -0.0637. The molecule has 1 aromatic rings. The number of carbonyl (C=O) groups is 3. The summed E-state index contributed by atoms with van der Waals surface area (Å²) in [5.74, 6) is -1.22. The number of hydrogen-bond acceptors (Lipinski definition) is 6. The predicted molar refractivity (Wildman–Crippen MR) is 86.3 cm³/mol. The van der Waals surface area contributed by atoms with Gasteiger partial charge in [-0.25, -0.2) is 0 Å². The minimum absolute atomic E-state index is 0.0905. The van der Waals surface area contributed by atoms with Crippen LogP contribution in [0, 0.1) is 0 Å². The van der Waals surface area contributed by atoms with E-state index < -0.39 is 5.97 Å². The van der Waals surface area contributed by atoms with Gasteiger partial charge in [-0.2, -0.15) is 0 Å². The molecule has 0 saturated heterocycles. The monoisotopic (exact) mass is 338 g/mol. The van der Waals surface area contributed by atoms with Gasteiger partial charge in [0.1, 0.15) is 0 Å². The van der Waals surface area contributed by atoms with Crippen molar-refractivity contribution >= 4 is 18.2 Å². The number of nitrogens with one attached hydrogen (secondary N) is 2. The van der Waals surface area contributed by atoms with Gasteiger partial charge in [0, 0.05) is 24.2 Å². The Hall–Kier alpha value is -2.29. The summed E-state index contributed by atoms with van der Waals surface area (Å²) in [5.41, 5.74) is 0.686. The second-order valence-electron chi connectivity index (χ2n) is 4.76. The lowest BCUT2D eigenvalue weighted by Gasteiger charge is -2.08. The Kier molecular flexibility index (Phi) is 10.0. The van der Waals surface area contributed by atoms with Crippen molar-refractivity contribution < 1.29 is 29.0 Å². The standard InChI is InChI=1S/C16H22N2O6/c19-12-13-3-1-2-4-14(13)16(22)18-6-8-24-10-9-23-7-5-17-11-15(20)21/h1-4,12,17H,5-11H2,(H,18,22)(H,20,21). The highest BCUT2D eigenvalue weighted by atomic mass is 16.5. The van der Waals surface area contributed by atoms with Gasteiger partial charge in [-0.15, -0.1) is 0 Å². The first-order chi connectivity index (χ1) is 11.6. The number of rotatable bonds is 13. The molecular formula is C16H22N2O6. The number of carbonyl (C=O) groups excluding carboxylic acids is 2. The third-order valence-corrected chi connectivity index (χ3v) is 2.94. The van der Waals surface area contributed by atoms with Gasteiger partial charge in [0.15, 0.2) is 6.29 Å². The number of ether oxygens (including phenoxy) is 2. The maximum absolute atomic E-state index is 11.9. The molecule has 0 aliphatic heterocycles. The fraction of sp³-hybridized carbons (Fsp3) is 0.438. The molecule has 0 aliphatic carbocycles. The van der Waals surface area contributed by atoms with Gasteiger partial charge in [-0.05, 0) is 6.07 Å². The Morgan fingerprint density at radius 1 is 1.04 bits per heavy atom. The third-order valence-electron chi connectivity index (χ3n) is 2.94. The van der Waals surface area contributed by atoms with E-state index in [-0.39, 0.29) is 12.5 Å². The number of carboxylic acid groups (broad SMARTS) is 1. The zero-order chi connectivity index (χ0) is 17.6. The molecule has 0 aromatic heterocycles. The minimum atomic E-state index is -0.906. The van der Waals surface area contributed by atoms with Crippen molar-refractivity contribution in [3.63, 3.8) is 0 Å². The third kappa shape index (κ3) is 8.37. The molecule has 1 aromatic carbocycles.